The van der Waals surface area contributed by atoms with Gasteiger partial charge in [-0.05, 0) is 47.6 Å². The normalized spacial score (nSPS) is 10.3. The summed E-state index contributed by atoms with van der Waals surface area (Å²) < 4.78 is 1.12. The third kappa shape index (κ3) is 2.27. The highest BCUT2D eigenvalue weighted by atomic mass is 127. The van der Waals surface area contributed by atoms with E-state index in [4.69, 9.17) is 0 Å². The number of nitrogens with zero attached hydrogens (tertiary/aromatic N) is 2. The van der Waals surface area contributed by atoms with Gasteiger partial charge in [0.05, 0.1) is 16.8 Å². The van der Waals surface area contributed by atoms with Gasteiger partial charge in [0.25, 0.3) is 0 Å². The van der Waals surface area contributed by atoms with Crippen LogP contribution in [0.2, 0.25) is 0 Å². The van der Waals surface area contributed by atoms with Crippen LogP contribution in [0.15, 0.2) is 18.3 Å². The summed E-state index contributed by atoms with van der Waals surface area (Å²) in [6.45, 7) is 5.01. The molecule has 0 atom stereocenters. The third-order valence-corrected chi connectivity index (χ3v) is 3.74. The van der Waals surface area contributed by atoms with E-state index in [0.29, 0.717) is 5.56 Å². The van der Waals surface area contributed by atoms with Crippen LogP contribution in [0.1, 0.15) is 24.5 Å². The topological polar surface area (TPSA) is 48.7 Å². The van der Waals surface area contributed by atoms with Crippen LogP contribution >= 0.6 is 22.6 Å². The van der Waals surface area contributed by atoms with Gasteiger partial charge in [-0.2, -0.15) is 5.26 Å². The molecule has 92 valence electrons. The molecule has 0 amide bonds. The van der Waals surface area contributed by atoms with E-state index in [1.54, 1.807) is 6.20 Å². The number of rotatable bonds is 3. The van der Waals surface area contributed by atoms with Crippen molar-refractivity contribution in [2.24, 2.45) is 0 Å². The maximum absolute atomic E-state index is 9.20. The summed E-state index contributed by atoms with van der Waals surface area (Å²) in [6, 6.07) is 6.34. The van der Waals surface area contributed by atoms with Crippen molar-refractivity contribution in [1.82, 2.24) is 4.98 Å². The summed E-state index contributed by atoms with van der Waals surface area (Å²) in [5.41, 5.74) is 3.63. The second kappa shape index (κ2) is 5.53. The Kier molecular flexibility index (Phi) is 4.02. The van der Waals surface area contributed by atoms with Crippen molar-refractivity contribution < 1.29 is 0 Å². The van der Waals surface area contributed by atoms with E-state index in [9.17, 15) is 5.26 Å². The van der Waals surface area contributed by atoms with Gasteiger partial charge >= 0.3 is 0 Å². The third-order valence-electron chi connectivity index (χ3n) is 2.84. The summed E-state index contributed by atoms with van der Waals surface area (Å²) in [7, 11) is 0. The van der Waals surface area contributed by atoms with Crippen LogP contribution in [0.25, 0.3) is 10.9 Å². The first kappa shape index (κ1) is 13.1. The fraction of sp³-hybridized carbons (Fsp3) is 0.286. The van der Waals surface area contributed by atoms with Crippen molar-refractivity contribution in [2.45, 2.75) is 20.3 Å². The SMILES string of the molecule is CCCNc1c(C#N)cnc2c(C)ccc(I)c12. The largest absolute Gasteiger partial charge is 0.383 e. The maximum Gasteiger partial charge on any atom is 0.103 e. The zero-order valence-electron chi connectivity index (χ0n) is 10.4. The average Bonchev–Trinajstić information content (AvgIpc) is 2.39. The highest BCUT2D eigenvalue weighted by Crippen LogP contribution is 2.31. The lowest BCUT2D eigenvalue weighted by atomic mass is 10.1. The second-order valence-corrected chi connectivity index (χ2v) is 5.34. The van der Waals surface area contributed by atoms with Crippen LogP contribution in [0.5, 0.6) is 0 Å². The van der Waals surface area contributed by atoms with E-state index in [1.165, 1.54) is 0 Å². The number of fused-ring (bicyclic) bond motifs is 1. The van der Waals surface area contributed by atoms with Gasteiger partial charge in [0, 0.05) is 21.7 Å². The lowest BCUT2D eigenvalue weighted by molar-refractivity contribution is 0.980. The minimum Gasteiger partial charge on any atom is -0.383 e. The van der Waals surface area contributed by atoms with Crippen molar-refractivity contribution in [3.8, 4) is 6.07 Å². The number of aromatic nitrogens is 1. The molecule has 0 saturated heterocycles. The molecular weight excluding hydrogens is 337 g/mol. The fourth-order valence-corrected chi connectivity index (χ4v) is 2.63. The summed E-state index contributed by atoms with van der Waals surface area (Å²) in [6.07, 6.45) is 2.68. The Labute approximate surface area is 120 Å². The Morgan fingerprint density at radius 2 is 2.22 bits per heavy atom. The molecule has 0 aliphatic heterocycles. The number of hydrogen-bond donors (Lipinski definition) is 1. The summed E-state index contributed by atoms with van der Waals surface area (Å²) >= 11 is 2.30. The zero-order chi connectivity index (χ0) is 13.1. The second-order valence-electron chi connectivity index (χ2n) is 4.17. The Hall–Kier alpha value is -1.35. The van der Waals surface area contributed by atoms with E-state index < -0.39 is 0 Å². The number of hydrogen-bond acceptors (Lipinski definition) is 3. The van der Waals surface area contributed by atoms with Crippen molar-refractivity contribution >= 4 is 39.2 Å². The van der Waals surface area contributed by atoms with Crippen molar-refractivity contribution in [2.75, 3.05) is 11.9 Å². The summed E-state index contributed by atoms with van der Waals surface area (Å²) in [5.74, 6) is 0. The minimum atomic E-state index is 0.611. The van der Waals surface area contributed by atoms with Gasteiger partial charge in [-0.25, -0.2) is 0 Å². The maximum atomic E-state index is 9.20. The molecule has 18 heavy (non-hydrogen) atoms. The molecule has 0 saturated carbocycles. The molecule has 0 spiro atoms. The molecule has 2 rings (SSSR count). The first-order valence-electron chi connectivity index (χ1n) is 5.90. The molecule has 0 bridgehead atoms. The van der Waals surface area contributed by atoms with Gasteiger partial charge in [-0.1, -0.05) is 13.0 Å². The summed E-state index contributed by atoms with van der Waals surface area (Å²) in [4.78, 5) is 4.41. The van der Waals surface area contributed by atoms with E-state index >= 15 is 0 Å². The van der Waals surface area contributed by atoms with E-state index in [2.05, 4.69) is 58.0 Å². The number of nitrogens with one attached hydrogen (secondary N) is 1. The number of anilines is 1. The molecule has 1 aromatic heterocycles. The molecule has 0 aliphatic rings. The Balaban J connectivity index is 2.76. The predicted molar refractivity (Wildman–Crippen MR) is 82.7 cm³/mol. The van der Waals surface area contributed by atoms with Crippen LogP contribution < -0.4 is 5.32 Å². The molecule has 2 aromatic rings. The molecule has 1 heterocycles. The molecule has 0 fully saturated rings. The molecule has 0 radical (unpaired) electrons. The highest BCUT2D eigenvalue weighted by Gasteiger charge is 2.12. The number of benzene rings is 1. The molecule has 0 unspecified atom stereocenters. The number of nitriles is 1. The molecule has 0 aliphatic carbocycles. The Morgan fingerprint density at radius 1 is 1.44 bits per heavy atom. The predicted octanol–water partition coefficient (Wildman–Crippen LogP) is 3.84. The number of aryl methyl sites for hydroxylation is 1. The molecule has 1 N–H and O–H groups in total. The number of pyridine rings is 1. The first-order valence-corrected chi connectivity index (χ1v) is 6.98. The molecule has 1 aromatic carbocycles. The van der Waals surface area contributed by atoms with E-state index in [0.717, 1.165) is 38.7 Å². The zero-order valence-corrected chi connectivity index (χ0v) is 12.6. The van der Waals surface area contributed by atoms with Crippen molar-refractivity contribution in [1.29, 1.82) is 5.26 Å². The van der Waals surface area contributed by atoms with Gasteiger partial charge in [0.2, 0.25) is 0 Å². The van der Waals surface area contributed by atoms with Crippen molar-refractivity contribution in [3.05, 3.63) is 33.0 Å². The molecule has 4 heteroatoms. The van der Waals surface area contributed by atoms with Crippen LogP contribution in [-0.2, 0) is 0 Å². The Bertz CT molecular complexity index is 629. The fourth-order valence-electron chi connectivity index (χ4n) is 1.92. The van der Waals surface area contributed by atoms with Gasteiger partial charge in [-0.15, -0.1) is 0 Å². The van der Waals surface area contributed by atoms with Crippen LogP contribution in [0.3, 0.4) is 0 Å². The number of halogens is 1. The van der Waals surface area contributed by atoms with Gasteiger partial charge in [-0.3, -0.25) is 4.98 Å². The molecule has 3 nitrogen and oxygen atoms in total. The Morgan fingerprint density at radius 3 is 2.89 bits per heavy atom. The lowest BCUT2D eigenvalue weighted by Gasteiger charge is -2.13. The lowest BCUT2D eigenvalue weighted by Crippen LogP contribution is -2.04. The minimum absolute atomic E-state index is 0.611. The quantitative estimate of drug-likeness (QED) is 0.855. The summed E-state index contributed by atoms with van der Waals surface area (Å²) in [5, 5.41) is 13.6. The monoisotopic (exact) mass is 351 g/mol. The van der Waals surface area contributed by atoms with Gasteiger partial charge in [0.15, 0.2) is 0 Å². The van der Waals surface area contributed by atoms with Crippen LogP contribution in [-0.4, -0.2) is 11.5 Å². The van der Waals surface area contributed by atoms with E-state index in [-0.39, 0.29) is 0 Å². The molecular formula is C14H14IN3. The standard InChI is InChI=1S/C14H14IN3/c1-3-6-17-14-10(7-16)8-18-13-9(2)4-5-11(15)12(13)14/h4-5,8H,3,6H2,1-2H3,(H,17,18). The van der Waals surface area contributed by atoms with Crippen molar-refractivity contribution in [3.63, 3.8) is 0 Å². The van der Waals surface area contributed by atoms with Gasteiger partial charge in [0.1, 0.15) is 6.07 Å². The highest BCUT2D eigenvalue weighted by molar-refractivity contribution is 14.1. The smallest absolute Gasteiger partial charge is 0.103 e. The van der Waals surface area contributed by atoms with Gasteiger partial charge < -0.3 is 5.32 Å². The first-order chi connectivity index (χ1) is 8.69. The van der Waals surface area contributed by atoms with Crippen LogP contribution in [0, 0.1) is 21.8 Å². The van der Waals surface area contributed by atoms with Crippen LogP contribution in [0.4, 0.5) is 5.69 Å². The van der Waals surface area contributed by atoms with E-state index in [1.807, 2.05) is 6.92 Å². The average molecular weight is 351 g/mol.